The first-order valence-corrected chi connectivity index (χ1v) is 6.89. The van der Waals surface area contributed by atoms with Crippen LogP contribution < -0.4 is 5.32 Å². The van der Waals surface area contributed by atoms with Crippen molar-refractivity contribution >= 4 is 27.7 Å². The van der Waals surface area contributed by atoms with E-state index in [1.165, 1.54) is 0 Å². The molecular weight excluding hydrogens is 306 g/mol. The number of hydrogen-bond acceptors (Lipinski definition) is 2. The molecular formula is C14H16BrN3O. The van der Waals surface area contributed by atoms with Gasteiger partial charge in [0.1, 0.15) is 5.82 Å². The molecule has 0 aliphatic rings. The molecule has 1 aromatic carbocycles. The topological polar surface area (TPSA) is 46.9 Å². The minimum Gasteiger partial charge on any atom is -0.307 e. The average Bonchev–Trinajstić information content (AvgIpc) is 2.80. The minimum atomic E-state index is -0.124. The molecule has 100 valence electrons. The Morgan fingerprint density at radius 1 is 1.37 bits per heavy atom. The number of nitrogens with zero attached hydrogens (tertiary/aromatic N) is 2. The molecule has 0 atom stereocenters. The van der Waals surface area contributed by atoms with E-state index in [1.807, 2.05) is 39.0 Å². The third-order valence-corrected chi connectivity index (χ3v) is 3.34. The van der Waals surface area contributed by atoms with E-state index in [0.29, 0.717) is 11.4 Å². The summed E-state index contributed by atoms with van der Waals surface area (Å²) in [5, 5.41) is 7.09. The Kier molecular flexibility index (Phi) is 4.04. The van der Waals surface area contributed by atoms with Crippen molar-refractivity contribution in [2.24, 2.45) is 0 Å². The number of halogens is 1. The van der Waals surface area contributed by atoms with E-state index < -0.39 is 0 Å². The minimum absolute atomic E-state index is 0.124. The number of carbonyl (C=O) groups is 1. The molecule has 1 aromatic heterocycles. The molecule has 2 aromatic rings. The maximum absolute atomic E-state index is 12.3. The highest BCUT2D eigenvalue weighted by Gasteiger charge is 2.13. The molecule has 0 saturated heterocycles. The van der Waals surface area contributed by atoms with E-state index >= 15 is 0 Å². The van der Waals surface area contributed by atoms with Crippen LogP contribution in [0.2, 0.25) is 0 Å². The van der Waals surface area contributed by atoms with Gasteiger partial charge >= 0.3 is 0 Å². The smallest absolute Gasteiger partial charge is 0.257 e. The van der Waals surface area contributed by atoms with Gasteiger partial charge in [0.05, 0.1) is 6.20 Å². The fourth-order valence-electron chi connectivity index (χ4n) is 1.85. The Bertz CT molecular complexity index is 604. The van der Waals surface area contributed by atoms with E-state index in [0.717, 1.165) is 10.0 Å². The van der Waals surface area contributed by atoms with Gasteiger partial charge in [0, 0.05) is 22.1 Å². The van der Waals surface area contributed by atoms with Gasteiger partial charge in [-0.25, -0.2) is 4.68 Å². The molecule has 1 N–H and O–H groups in total. The number of aromatic nitrogens is 2. The predicted octanol–water partition coefficient (Wildman–Crippen LogP) is 3.79. The SMILES string of the molecule is Cc1ccc(Br)cc1C(=O)Nc1ccnn1C(C)C. The van der Waals surface area contributed by atoms with Gasteiger partial charge in [-0.3, -0.25) is 4.79 Å². The lowest BCUT2D eigenvalue weighted by molar-refractivity contribution is 0.102. The Labute approximate surface area is 120 Å². The van der Waals surface area contributed by atoms with Gasteiger partial charge in [-0.15, -0.1) is 0 Å². The summed E-state index contributed by atoms with van der Waals surface area (Å²) in [6.45, 7) is 5.96. The quantitative estimate of drug-likeness (QED) is 0.934. The number of anilines is 1. The fraction of sp³-hybridized carbons (Fsp3) is 0.286. The summed E-state index contributed by atoms with van der Waals surface area (Å²) in [5.74, 6) is 0.584. The number of carbonyl (C=O) groups excluding carboxylic acids is 1. The molecule has 5 heteroatoms. The van der Waals surface area contributed by atoms with Gasteiger partial charge < -0.3 is 5.32 Å². The van der Waals surface area contributed by atoms with Crippen molar-refractivity contribution in [3.05, 3.63) is 46.1 Å². The lowest BCUT2D eigenvalue weighted by Gasteiger charge is -2.12. The number of benzene rings is 1. The first kappa shape index (κ1) is 13.8. The van der Waals surface area contributed by atoms with Crippen LogP contribution in [0.15, 0.2) is 34.9 Å². The second-order valence-corrected chi connectivity index (χ2v) is 5.58. The molecule has 0 bridgehead atoms. The number of rotatable bonds is 3. The van der Waals surface area contributed by atoms with E-state index in [4.69, 9.17) is 0 Å². The summed E-state index contributed by atoms with van der Waals surface area (Å²) in [5.41, 5.74) is 1.60. The first-order chi connectivity index (χ1) is 8.99. The monoisotopic (exact) mass is 321 g/mol. The van der Waals surface area contributed by atoms with Crippen LogP contribution in [0.25, 0.3) is 0 Å². The number of nitrogens with one attached hydrogen (secondary N) is 1. The predicted molar refractivity (Wildman–Crippen MR) is 79.4 cm³/mol. The highest BCUT2D eigenvalue weighted by molar-refractivity contribution is 9.10. The molecule has 1 amide bonds. The van der Waals surface area contributed by atoms with Gasteiger partial charge in [-0.05, 0) is 38.5 Å². The first-order valence-electron chi connectivity index (χ1n) is 6.10. The number of aryl methyl sites for hydroxylation is 1. The van der Waals surface area contributed by atoms with E-state index in [-0.39, 0.29) is 11.9 Å². The van der Waals surface area contributed by atoms with Crippen molar-refractivity contribution in [1.82, 2.24) is 9.78 Å². The largest absolute Gasteiger partial charge is 0.307 e. The molecule has 1 heterocycles. The normalized spacial score (nSPS) is 10.8. The molecule has 19 heavy (non-hydrogen) atoms. The van der Waals surface area contributed by atoms with E-state index in [9.17, 15) is 4.79 Å². The van der Waals surface area contributed by atoms with Crippen LogP contribution in [-0.4, -0.2) is 15.7 Å². The highest BCUT2D eigenvalue weighted by atomic mass is 79.9. The standard InChI is InChI=1S/C14H16BrN3O/c1-9(2)18-13(6-7-16-18)17-14(19)12-8-11(15)5-4-10(12)3/h4-9H,1-3H3,(H,17,19). The van der Waals surface area contributed by atoms with Crippen LogP contribution in [0.4, 0.5) is 5.82 Å². The van der Waals surface area contributed by atoms with Crippen molar-refractivity contribution in [2.45, 2.75) is 26.8 Å². The van der Waals surface area contributed by atoms with Gasteiger partial charge in [0.2, 0.25) is 0 Å². The molecule has 0 aliphatic heterocycles. The number of hydrogen-bond donors (Lipinski definition) is 1. The zero-order chi connectivity index (χ0) is 14.0. The molecule has 0 radical (unpaired) electrons. The van der Waals surface area contributed by atoms with Crippen LogP contribution >= 0.6 is 15.9 Å². The molecule has 0 fully saturated rings. The van der Waals surface area contributed by atoms with Crippen LogP contribution in [0.3, 0.4) is 0 Å². The van der Waals surface area contributed by atoms with Gasteiger partial charge in [0.15, 0.2) is 0 Å². The lowest BCUT2D eigenvalue weighted by atomic mass is 10.1. The summed E-state index contributed by atoms with van der Waals surface area (Å²) >= 11 is 3.38. The lowest BCUT2D eigenvalue weighted by Crippen LogP contribution is -2.17. The third kappa shape index (κ3) is 3.04. The van der Waals surface area contributed by atoms with Crippen molar-refractivity contribution < 1.29 is 4.79 Å². The summed E-state index contributed by atoms with van der Waals surface area (Å²) in [7, 11) is 0. The van der Waals surface area contributed by atoms with Gasteiger partial charge in [-0.1, -0.05) is 22.0 Å². The maximum Gasteiger partial charge on any atom is 0.257 e. The molecule has 0 aliphatic carbocycles. The van der Waals surface area contributed by atoms with Crippen molar-refractivity contribution in [3.63, 3.8) is 0 Å². The molecule has 2 rings (SSSR count). The fourth-order valence-corrected chi connectivity index (χ4v) is 2.21. The van der Waals surface area contributed by atoms with Crippen molar-refractivity contribution in [3.8, 4) is 0 Å². The second kappa shape index (κ2) is 5.57. The van der Waals surface area contributed by atoms with Crippen molar-refractivity contribution in [2.75, 3.05) is 5.32 Å². The Hall–Kier alpha value is -1.62. The second-order valence-electron chi connectivity index (χ2n) is 4.67. The summed E-state index contributed by atoms with van der Waals surface area (Å²) < 4.78 is 2.67. The van der Waals surface area contributed by atoms with Crippen LogP contribution in [0.1, 0.15) is 35.8 Å². The maximum atomic E-state index is 12.3. The van der Waals surface area contributed by atoms with Gasteiger partial charge in [0.25, 0.3) is 5.91 Å². The Morgan fingerprint density at radius 2 is 2.11 bits per heavy atom. The summed E-state index contributed by atoms with van der Waals surface area (Å²) in [6, 6.07) is 7.66. The molecule has 0 unspecified atom stereocenters. The Morgan fingerprint density at radius 3 is 2.79 bits per heavy atom. The van der Waals surface area contributed by atoms with Crippen LogP contribution in [0, 0.1) is 6.92 Å². The van der Waals surface area contributed by atoms with E-state index in [1.54, 1.807) is 16.9 Å². The summed E-state index contributed by atoms with van der Waals surface area (Å²) in [6.07, 6.45) is 1.68. The molecule has 4 nitrogen and oxygen atoms in total. The zero-order valence-electron chi connectivity index (χ0n) is 11.1. The Balaban J connectivity index is 2.26. The highest BCUT2D eigenvalue weighted by Crippen LogP contribution is 2.19. The third-order valence-electron chi connectivity index (χ3n) is 2.85. The van der Waals surface area contributed by atoms with E-state index in [2.05, 4.69) is 26.3 Å². The average molecular weight is 322 g/mol. The number of amides is 1. The van der Waals surface area contributed by atoms with Crippen LogP contribution in [-0.2, 0) is 0 Å². The molecule has 0 saturated carbocycles. The molecule has 0 spiro atoms. The van der Waals surface area contributed by atoms with Gasteiger partial charge in [-0.2, -0.15) is 5.10 Å². The zero-order valence-corrected chi connectivity index (χ0v) is 12.7. The van der Waals surface area contributed by atoms with Crippen molar-refractivity contribution in [1.29, 1.82) is 0 Å². The van der Waals surface area contributed by atoms with Crippen LogP contribution in [0.5, 0.6) is 0 Å². The summed E-state index contributed by atoms with van der Waals surface area (Å²) in [4.78, 5) is 12.3.